The van der Waals surface area contributed by atoms with Gasteiger partial charge in [-0.3, -0.25) is 9.59 Å². The zero-order valence-electron chi connectivity index (χ0n) is 15.8. The second-order valence-corrected chi connectivity index (χ2v) is 6.70. The van der Waals surface area contributed by atoms with Crippen molar-refractivity contribution in [3.63, 3.8) is 0 Å². The highest BCUT2D eigenvalue weighted by molar-refractivity contribution is 6.00. The molecule has 4 aliphatic carbocycles. The molecule has 0 saturated heterocycles. The Morgan fingerprint density at radius 2 is 0.962 bits per heavy atom. The van der Waals surface area contributed by atoms with Gasteiger partial charge in [0.25, 0.3) is 0 Å². The maximum atomic E-state index is 12.3. The van der Waals surface area contributed by atoms with Gasteiger partial charge in [-0.25, -0.2) is 0 Å². The van der Waals surface area contributed by atoms with E-state index < -0.39 is 0 Å². The van der Waals surface area contributed by atoms with Crippen LogP contribution in [-0.4, -0.2) is 25.8 Å². The Labute approximate surface area is 154 Å². The van der Waals surface area contributed by atoms with Crippen molar-refractivity contribution in [3.8, 4) is 11.5 Å². The normalized spacial score (nSPS) is 13.1. The van der Waals surface area contributed by atoms with Gasteiger partial charge in [0, 0.05) is 0 Å². The van der Waals surface area contributed by atoms with Crippen LogP contribution in [-0.2, 0) is 25.7 Å². The highest BCUT2D eigenvalue weighted by Gasteiger charge is 2.22. The summed E-state index contributed by atoms with van der Waals surface area (Å²) in [4.78, 5) is 24.6. The molecule has 0 unspecified atom stereocenters. The third-order valence-electron chi connectivity index (χ3n) is 5.09. The van der Waals surface area contributed by atoms with Crippen LogP contribution in [0.3, 0.4) is 0 Å². The first kappa shape index (κ1) is 18.2. The Bertz CT molecular complexity index is 807. The molecule has 2 aromatic rings. The fraction of sp³-hybridized carbons (Fsp3) is 0.364. The van der Waals surface area contributed by atoms with Crippen molar-refractivity contribution in [2.24, 2.45) is 0 Å². The van der Waals surface area contributed by atoms with Crippen LogP contribution in [0.4, 0.5) is 0 Å². The average molecular weight is 352 g/mol. The maximum absolute atomic E-state index is 12.3. The van der Waals surface area contributed by atoms with Crippen LogP contribution in [0, 0.1) is 0 Å². The zero-order chi connectivity index (χ0) is 18.8. The SMILES string of the molecule is COc1c2ccc(c1C(C)=O)CCc1ccc(c(OC)c1C(C)=O)CC2. The minimum atomic E-state index is 0.00836. The number of hydrogen-bond acceptors (Lipinski definition) is 4. The maximum Gasteiger partial charge on any atom is 0.163 e. The monoisotopic (exact) mass is 352 g/mol. The summed E-state index contributed by atoms with van der Waals surface area (Å²) in [6, 6.07) is 8.14. The predicted octanol–water partition coefficient (Wildman–Crippen LogP) is 3.99. The van der Waals surface area contributed by atoms with E-state index in [1.54, 1.807) is 28.1 Å². The molecule has 4 nitrogen and oxygen atoms in total. The van der Waals surface area contributed by atoms with Crippen LogP contribution < -0.4 is 9.47 Å². The van der Waals surface area contributed by atoms with Gasteiger partial charge in [0.1, 0.15) is 11.5 Å². The highest BCUT2D eigenvalue weighted by Crippen LogP contribution is 2.35. The van der Waals surface area contributed by atoms with E-state index in [1.165, 1.54) is 0 Å². The van der Waals surface area contributed by atoms with Gasteiger partial charge in [0.15, 0.2) is 11.6 Å². The largest absolute Gasteiger partial charge is 0.496 e. The third kappa shape index (κ3) is 3.12. The molecule has 0 spiro atoms. The molecule has 0 N–H and O–H groups in total. The minimum Gasteiger partial charge on any atom is -0.496 e. The van der Waals surface area contributed by atoms with E-state index in [0.29, 0.717) is 48.3 Å². The number of ether oxygens (including phenoxy) is 2. The van der Waals surface area contributed by atoms with Crippen molar-refractivity contribution < 1.29 is 19.1 Å². The second kappa shape index (κ2) is 7.32. The lowest BCUT2D eigenvalue weighted by atomic mass is 9.88. The molecule has 136 valence electrons. The fourth-order valence-corrected chi connectivity index (χ4v) is 3.92. The summed E-state index contributed by atoms with van der Waals surface area (Å²) in [6.45, 7) is 3.16. The molecule has 4 heteroatoms. The van der Waals surface area contributed by atoms with E-state index in [-0.39, 0.29) is 11.6 Å². The van der Waals surface area contributed by atoms with Crippen molar-refractivity contribution in [2.75, 3.05) is 14.2 Å². The highest BCUT2D eigenvalue weighted by atomic mass is 16.5. The molecule has 0 heterocycles. The van der Waals surface area contributed by atoms with Gasteiger partial charge in [-0.1, -0.05) is 24.3 Å². The van der Waals surface area contributed by atoms with E-state index in [1.807, 2.05) is 24.3 Å². The Morgan fingerprint density at radius 1 is 0.654 bits per heavy atom. The molecule has 0 amide bonds. The number of benzene rings is 2. The molecule has 4 bridgehead atoms. The average Bonchev–Trinajstić information content (AvgIpc) is 2.61. The number of carbonyl (C=O) groups excluding carboxylic acids is 2. The number of Topliss-reactive ketones (excluding diaryl/α,β-unsaturated/α-hetero) is 2. The number of methoxy groups -OCH3 is 2. The van der Waals surface area contributed by atoms with Gasteiger partial charge in [-0.15, -0.1) is 0 Å². The number of ketones is 2. The van der Waals surface area contributed by atoms with Gasteiger partial charge in [-0.2, -0.15) is 0 Å². The summed E-state index contributed by atoms with van der Waals surface area (Å²) in [5, 5.41) is 0. The first-order valence-corrected chi connectivity index (χ1v) is 8.87. The molecule has 0 radical (unpaired) electrons. The van der Waals surface area contributed by atoms with Crippen molar-refractivity contribution in [1.29, 1.82) is 0 Å². The van der Waals surface area contributed by atoms with E-state index in [4.69, 9.17) is 9.47 Å². The first-order chi connectivity index (χ1) is 12.5. The Hall–Kier alpha value is -2.62. The fourth-order valence-electron chi connectivity index (χ4n) is 3.92. The molecule has 2 aromatic carbocycles. The number of rotatable bonds is 4. The standard InChI is InChI=1S/C22H24O4/c1-13(23)19-15-5-6-16-8-10-18(22(26-4)20(16)14(2)24)12-11-17(9-7-15)21(19)25-3/h7-10H,5-6,11-12H2,1-4H3. The lowest BCUT2D eigenvalue weighted by Crippen LogP contribution is -2.12. The summed E-state index contributed by atoms with van der Waals surface area (Å²) < 4.78 is 11.2. The number of hydrogen-bond donors (Lipinski definition) is 0. The van der Waals surface area contributed by atoms with Crippen molar-refractivity contribution in [3.05, 3.63) is 57.6 Å². The van der Waals surface area contributed by atoms with Crippen molar-refractivity contribution >= 4 is 11.6 Å². The van der Waals surface area contributed by atoms with Crippen LogP contribution in [0.2, 0.25) is 0 Å². The van der Waals surface area contributed by atoms with Crippen molar-refractivity contribution in [2.45, 2.75) is 39.5 Å². The molecule has 26 heavy (non-hydrogen) atoms. The van der Waals surface area contributed by atoms with Crippen LogP contribution in [0.1, 0.15) is 56.8 Å². The van der Waals surface area contributed by atoms with Gasteiger partial charge < -0.3 is 9.47 Å². The minimum absolute atomic E-state index is 0.00836. The van der Waals surface area contributed by atoms with E-state index in [0.717, 1.165) is 22.3 Å². The molecular weight excluding hydrogens is 328 g/mol. The predicted molar refractivity (Wildman–Crippen MR) is 101 cm³/mol. The first-order valence-electron chi connectivity index (χ1n) is 8.87. The molecule has 0 atom stereocenters. The number of carbonyl (C=O) groups is 2. The van der Waals surface area contributed by atoms with E-state index in [9.17, 15) is 9.59 Å². The molecular formula is C22H24O4. The van der Waals surface area contributed by atoms with Crippen molar-refractivity contribution in [1.82, 2.24) is 0 Å². The Kier molecular flexibility index (Phi) is 5.12. The van der Waals surface area contributed by atoms with Crippen LogP contribution >= 0.6 is 0 Å². The zero-order valence-corrected chi connectivity index (χ0v) is 15.8. The summed E-state index contributed by atoms with van der Waals surface area (Å²) in [7, 11) is 3.23. The molecule has 0 saturated carbocycles. The molecule has 0 aromatic heterocycles. The molecule has 0 aliphatic heterocycles. The van der Waals surface area contributed by atoms with E-state index in [2.05, 4.69) is 0 Å². The summed E-state index contributed by atoms with van der Waals surface area (Å²) in [5.74, 6) is 1.37. The molecule has 6 rings (SSSR count). The third-order valence-corrected chi connectivity index (χ3v) is 5.09. The van der Waals surface area contributed by atoms with Gasteiger partial charge in [0.2, 0.25) is 0 Å². The topological polar surface area (TPSA) is 52.6 Å². The smallest absolute Gasteiger partial charge is 0.163 e. The summed E-state index contributed by atoms with van der Waals surface area (Å²) >= 11 is 0. The second-order valence-electron chi connectivity index (χ2n) is 6.70. The molecule has 0 fully saturated rings. The summed E-state index contributed by atoms with van der Waals surface area (Å²) in [6.07, 6.45) is 2.73. The Balaban J connectivity index is 2.20. The van der Waals surface area contributed by atoms with Crippen LogP contribution in [0.15, 0.2) is 24.3 Å². The van der Waals surface area contributed by atoms with Gasteiger partial charge in [0.05, 0.1) is 25.3 Å². The quantitative estimate of drug-likeness (QED) is 0.781. The van der Waals surface area contributed by atoms with Crippen LogP contribution in [0.25, 0.3) is 0 Å². The summed E-state index contributed by atoms with van der Waals surface area (Å²) in [5.41, 5.74) is 5.23. The number of aryl methyl sites for hydroxylation is 4. The van der Waals surface area contributed by atoms with Gasteiger partial charge >= 0.3 is 0 Å². The van der Waals surface area contributed by atoms with Crippen LogP contribution in [0.5, 0.6) is 11.5 Å². The molecule has 4 aliphatic rings. The Morgan fingerprint density at radius 3 is 1.27 bits per heavy atom. The van der Waals surface area contributed by atoms with E-state index >= 15 is 0 Å². The lowest BCUT2D eigenvalue weighted by Gasteiger charge is -2.20. The van der Waals surface area contributed by atoms with Gasteiger partial charge in [-0.05, 0) is 61.8 Å². The lowest BCUT2D eigenvalue weighted by molar-refractivity contribution is 0.0999.